The van der Waals surface area contributed by atoms with Crippen molar-refractivity contribution in [2.24, 2.45) is 12.8 Å². The van der Waals surface area contributed by atoms with E-state index in [1.807, 2.05) is 0 Å². The lowest BCUT2D eigenvalue weighted by Gasteiger charge is -2.13. The Morgan fingerprint density at radius 3 is 2.76 bits per heavy atom. The second-order valence-electron chi connectivity index (χ2n) is 4.14. The molecule has 0 aliphatic carbocycles. The summed E-state index contributed by atoms with van der Waals surface area (Å²) in [6, 6.07) is 5.73. The number of carbonyl (C=O) groups excluding carboxylic acids is 1. The van der Waals surface area contributed by atoms with Crippen molar-refractivity contribution in [3.63, 3.8) is 0 Å². The maximum atomic E-state index is 12.4. The molecular formula is C13H13F2N3O3. The van der Waals surface area contributed by atoms with Gasteiger partial charge in [-0.1, -0.05) is 6.07 Å². The summed E-state index contributed by atoms with van der Waals surface area (Å²) in [6.45, 7) is -3.18. The van der Waals surface area contributed by atoms with Gasteiger partial charge in [-0.25, -0.2) is 0 Å². The van der Waals surface area contributed by atoms with Crippen LogP contribution in [0.4, 0.5) is 8.78 Å². The average molecular weight is 297 g/mol. The summed E-state index contributed by atoms with van der Waals surface area (Å²) in [4.78, 5) is 11.4. The van der Waals surface area contributed by atoms with E-state index in [0.29, 0.717) is 5.88 Å². The zero-order valence-electron chi connectivity index (χ0n) is 11.1. The van der Waals surface area contributed by atoms with Crippen molar-refractivity contribution in [2.75, 3.05) is 0 Å². The Labute approximate surface area is 119 Å². The first-order chi connectivity index (χ1) is 9.97. The Morgan fingerprint density at radius 1 is 1.43 bits per heavy atom. The number of aromatic nitrogens is 2. The van der Waals surface area contributed by atoms with Crippen molar-refractivity contribution in [3.05, 3.63) is 41.6 Å². The molecule has 0 unspecified atom stereocenters. The molecule has 1 heterocycles. The lowest BCUT2D eigenvalue weighted by molar-refractivity contribution is -0.0509. The van der Waals surface area contributed by atoms with Crippen LogP contribution in [-0.2, 0) is 13.7 Å². The van der Waals surface area contributed by atoms with E-state index in [9.17, 15) is 13.6 Å². The molecule has 1 amide bonds. The minimum absolute atomic E-state index is 0.0593. The molecule has 1 aromatic heterocycles. The predicted octanol–water partition coefficient (Wildman–Crippen LogP) is 1.70. The summed E-state index contributed by atoms with van der Waals surface area (Å²) < 4.78 is 36.1. The van der Waals surface area contributed by atoms with Gasteiger partial charge in [-0.2, -0.15) is 8.78 Å². The van der Waals surface area contributed by atoms with Crippen LogP contribution in [0.5, 0.6) is 11.6 Å². The zero-order valence-corrected chi connectivity index (χ0v) is 11.1. The van der Waals surface area contributed by atoms with E-state index < -0.39 is 12.5 Å². The molecule has 0 saturated heterocycles. The molecule has 0 saturated carbocycles. The van der Waals surface area contributed by atoms with Gasteiger partial charge in [-0.3, -0.25) is 9.48 Å². The van der Waals surface area contributed by atoms with Crippen LogP contribution in [0, 0.1) is 0 Å². The van der Waals surface area contributed by atoms with Gasteiger partial charge in [-0.05, 0) is 12.1 Å². The third kappa shape index (κ3) is 3.68. The average Bonchev–Trinajstić information content (AvgIpc) is 2.82. The molecule has 2 aromatic rings. The second-order valence-corrected chi connectivity index (χ2v) is 4.14. The molecule has 0 radical (unpaired) electrons. The van der Waals surface area contributed by atoms with Gasteiger partial charge in [0.1, 0.15) is 12.4 Å². The van der Waals surface area contributed by atoms with E-state index in [0.717, 1.165) is 0 Å². The van der Waals surface area contributed by atoms with Gasteiger partial charge >= 0.3 is 6.61 Å². The number of hydrogen-bond acceptors (Lipinski definition) is 4. The molecule has 21 heavy (non-hydrogen) atoms. The molecule has 0 atom stereocenters. The molecule has 0 aliphatic heterocycles. The molecule has 2 rings (SSSR count). The van der Waals surface area contributed by atoms with E-state index >= 15 is 0 Å². The van der Waals surface area contributed by atoms with E-state index in [-0.39, 0.29) is 23.5 Å². The number of nitrogens with two attached hydrogens (primary N) is 1. The Bertz CT molecular complexity index is 643. The van der Waals surface area contributed by atoms with Crippen LogP contribution in [-0.4, -0.2) is 22.3 Å². The van der Waals surface area contributed by atoms with E-state index in [2.05, 4.69) is 9.84 Å². The standard InChI is InChI=1S/C13H13F2N3O3/c1-18-6-5-11(17-18)20-7-9-8(12(16)19)3-2-4-10(9)21-13(14)15/h2-6,13H,7H2,1H3,(H2,16,19). The summed E-state index contributed by atoms with van der Waals surface area (Å²) >= 11 is 0. The Hall–Kier alpha value is -2.64. The monoisotopic (exact) mass is 297 g/mol. The molecule has 0 fully saturated rings. The quantitative estimate of drug-likeness (QED) is 0.880. The number of primary amides is 1. The highest BCUT2D eigenvalue weighted by atomic mass is 19.3. The van der Waals surface area contributed by atoms with Gasteiger partial charge in [0.05, 0.1) is 0 Å². The maximum absolute atomic E-state index is 12.4. The number of ether oxygens (including phenoxy) is 2. The van der Waals surface area contributed by atoms with Crippen LogP contribution in [0.15, 0.2) is 30.5 Å². The number of rotatable bonds is 6. The fourth-order valence-electron chi connectivity index (χ4n) is 1.77. The van der Waals surface area contributed by atoms with E-state index in [4.69, 9.17) is 10.5 Å². The highest BCUT2D eigenvalue weighted by Crippen LogP contribution is 2.25. The first-order valence-corrected chi connectivity index (χ1v) is 5.96. The Morgan fingerprint density at radius 2 is 2.19 bits per heavy atom. The molecule has 0 aliphatic rings. The molecule has 0 spiro atoms. The van der Waals surface area contributed by atoms with Gasteiger partial charge in [0.2, 0.25) is 11.8 Å². The number of alkyl halides is 2. The summed E-state index contributed by atoms with van der Waals surface area (Å²) in [7, 11) is 1.70. The van der Waals surface area contributed by atoms with E-state index in [1.165, 1.54) is 22.9 Å². The lowest BCUT2D eigenvalue weighted by atomic mass is 10.1. The minimum atomic E-state index is -3.01. The predicted molar refractivity (Wildman–Crippen MR) is 69.1 cm³/mol. The van der Waals surface area contributed by atoms with Crippen LogP contribution >= 0.6 is 0 Å². The van der Waals surface area contributed by atoms with Gasteiger partial charge in [0, 0.05) is 30.4 Å². The number of amides is 1. The Balaban J connectivity index is 2.27. The van der Waals surface area contributed by atoms with Crippen LogP contribution in [0.2, 0.25) is 0 Å². The van der Waals surface area contributed by atoms with E-state index in [1.54, 1.807) is 19.3 Å². The zero-order chi connectivity index (χ0) is 15.4. The van der Waals surface area contributed by atoms with Gasteiger partial charge in [0.15, 0.2) is 0 Å². The molecule has 6 nitrogen and oxygen atoms in total. The van der Waals surface area contributed by atoms with Crippen molar-refractivity contribution in [1.82, 2.24) is 9.78 Å². The SMILES string of the molecule is Cn1ccc(OCc2c(OC(F)F)cccc2C(N)=O)n1. The molecule has 1 aromatic carbocycles. The highest BCUT2D eigenvalue weighted by molar-refractivity contribution is 5.95. The number of aryl methyl sites for hydroxylation is 1. The molecular weight excluding hydrogens is 284 g/mol. The van der Waals surface area contributed by atoms with Gasteiger partial charge < -0.3 is 15.2 Å². The molecule has 0 bridgehead atoms. The smallest absolute Gasteiger partial charge is 0.387 e. The van der Waals surface area contributed by atoms with Crippen LogP contribution in [0.1, 0.15) is 15.9 Å². The molecule has 8 heteroatoms. The largest absolute Gasteiger partial charge is 0.472 e. The summed E-state index contributed by atoms with van der Waals surface area (Å²) in [5.74, 6) is -0.619. The van der Waals surface area contributed by atoms with Crippen molar-refractivity contribution < 1.29 is 23.0 Å². The normalized spacial score (nSPS) is 10.7. The highest BCUT2D eigenvalue weighted by Gasteiger charge is 2.17. The van der Waals surface area contributed by atoms with Crippen LogP contribution < -0.4 is 15.2 Å². The van der Waals surface area contributed by atoms with Crippen LogP contribution in [0.3, 0.4) is 0 Å². The summed E-state index contributed by atoms with van der Waals surface area (Å²) in [6.07, 6.45) is 1.66. The van der Waals surface area contributed by atoms with Crippen molar-refractivity contribution in [3.8, 4) is 11.6 Å². The fourth-order valence-corrected chi connectivity index (χ4v) is 1.77. The topological polar surface area (TPSA) is 79.4 Å². The number of benzene rings is 1. The Kier molecular flexibility index (Phi) is 4.36. The first-order valence-electron chi connectivity index (χ1n) is 5.96. The number of hydrogen-bond donors (Lipinski definition) is 1. The minimum Gasteiger partial charge on any atom is -0.472 e. The fraction of sp³-hybridized carbons (Fsp3) is 0.231. The van der Waals surface area contributed by atoms with Crippen molar-refractivity contribution in [2.45, 2.75) is 13.2 Å². The summed E-state index contributed by atoms with van der Waals surface area (Å²) in [5, 5.41) is 3.98. The van der Waals surface area contributed by atoms with Gasteiger partial charge in [-0.15, -0.1) is 5.10 Å². The number of nitrogens with zero attached hydrogens (tertiary/aromatic N) is 2. The van der Waals surface area contributed by atoms with Gasteiger partial charge in [0.25, 0.3) is 0 Å². The number of halogens is 2. The lowest BCUT2D eigenvalue weighted by Crippen LogP contribution is -2.16. The third-order valence-electron chi connectivity index (χ3n) is 2.67. The maximum Gasteiger partial charge on any atom is 0.387 e. The number of carbonyl (C=O) groups is 1. The van der Waals surface area contributed by atoms with Crippen LogP contribution in [0.25, 0.3) is 0 Å². The second kappa shape index (κ2) is 6.21. The third-order valence-corrected chi connectivity index (χ3v) is 2.67. The van der Waals surface area contributed by atoms with Crippen molar-refractivity contribution >= 4 is 5.91 Å². The molecule has 112 valence electrons. The van der Waals surface area contributed by atoms with Crippen molar-refractivity contribution in [1.29, 1.82) is 0 Å². The summed E-state index contributed by atoms with van der Waals surface area (Å²) in [5.41, 5.74) is 5.44. The first kappa shape index (κ1) is 14.8. The molecule has 2 N–H and O–H groups in total.